The van der Waals surface area contributed by atoms with Crippen LogP contribution in [0.3, 0.4) is 0 Å². The number of nitrogens with zero attached hydrogens (tertiary/aromatic N) is 7. The number of amides is 1. The van der Waals surface area contributed by atoms with Crippen molar-refractivity contribution >= 4 is 22.8 Å². The Hall–Kier alpha value is -3.23. The summed E-state index contributed by atoms with van der Waals surface area (Å²) in [5.74, 6) is 1.86. The van der Waals surface area contributed by atoms with Gasteiger partial charge in [-0.2, -0.15) is 15.0 Å². The van der Waals surface area contributed by atoms with E-state index in [1.807, 2.05) is 35.2 Å². The SMILES string of the molecule is CC(C)COc1cc(N2CCN(C(=O)Cn3nc4ccccc4n3)CC2)ncn1. The zero-order valence-electron chi connectivity index (χ0n) is 16.7. The molecule has 4 rings (SSSR count). The molecule has 9 nitrogen and oxygen atoms in total. The number of fused-ring (bicyclic) bond motifs is 1. The van der Waals surface area contributed by atoms with Gasteiger partial charge in [-0.15, -0.1) is 0 Å². The minimum absolute atomic E-state index is 0.0219. The number of carbonyl (C=O) groups is 1. The van der Waals surface area contributed by atoms with Crippen molar-refractivity contribution in [1.29, 1.82) is 0 Å². The van der Waals surface area contributed by atoms with Crippen LogP contribution in [0.1, 0.15) is 13.8 Å². The van der Waals surface area contributed by atoms with Crippen LogP contribution in [0, 0.1) is 5.92 Å². The van der Waals surface area contributed by atoms with Crippen LogP contribution in [0.4, 0.5) is 5.82 Å². The Kier molecular flexibility index (Phi) is 5.55. The summed E-state index contributed by atoms with van der Waals surface area (Å²) in [7, 11) is 0. The number of piperazine rings is 1. The molecule has 0 saturated carbocycles. The van der Waals surface area contributed by atoms with Gasteiger partial charge in [-0.1, -0.05) is 26.0 Å². The van der Waals surface area contributed by atoms with E-state index in [-0.39, 0.29) is 12.5 Å². The number of hydrogen-bond donors (Lipinski definition) is 0. The number of carbonyl (C=O) groups excluding carboxylic acids is 1. The Morgan fingerprint density at radius 3 is 2.41 bits per heavy atom. The van der Waals surface area contributed by atoms with Crippen molar-refractivity contribution in [1.82, 2.24) is 29.9 Å². The van der Waals surface area contributed by atoms with Crippen LogP contribution in [-0.4, -0.2) is 68.6 Å². The van der Waals surface area contributed by atoms with Crippen LogP contribution in [-0.2, 0) is 11.3 Å². The summed E-state index contributed by atoms with van der Waals surface area (Å²) in [6, 6.07) is 9.47. The summed E-state index contributed by atoms with van der Waals surface area (Å²) in [4.78, 5) is 26.7. The molecule has 3 aromatic rings. The molecule has 1 aliphatic rings. The minimum Gasteiger partial charge on any atom is -0.477 e. The molecule has 0 N–H and O–H groups in total. The lowest BCUT2D eigenvalue weighted by Crippen LogP contribution is -2.50. The molecule has 1 saturated heterocycles. The van der Waals surface area contributed by atoms with E-state index in [2.05, 4.69) is 38.9 Å². The van der Waals surface area contributed by atoms with Crippen molar-refractivity contribution < 1.29 is 9.53 Å². The first-order chi connectivity index (χ1) is 14.1. The zero-order chi connectivity index (χ0) is 20.2. The van der Waals surface area contributed by atoms with Gasteiger partial charge in [0, 0.05) is 32.2 Å². The molecule has 0 spiro atoms. The fourth-order valence-electron chi connectivity index (χ4n) is 3.21. The molecule has 9 heteroatoms. The Morgan fingerprint density at radius 2 is 1.76 bits per heavy atom. The van der Waals surface area contributed by atoms with Crippen molar-refractivity contribution in [2.24, 2.45) is 5.92 Å². The smallest absolute Gasteiger partial charge is 0.246 e. The van der Waals surface area contributed by atoms with E-state index in [4.69, 9.17) is 4.74 Å². The Labute approximate surface area is 169 Å². The Morgan fingerprint density at radius 1 is 1.07 bits per heavy atom. The molecule has 2 aromatic heterocycles. The van der Waals surface area contributed by atoms with E-state index in [9.17, 15) is 4.79 Å². The van der Waals surface area contributed by atoms with Crippen LogP contribution >= 0.6 is 0 Å². The molecule has 0 radical (unpaired) electrons. The van der Waals surface area contributed by atoms with Crippen molar-refractivity contribution in [2.75, 3.05) is 37.7 Å². The molecule has 0 aliphatic carbocycles. The van der Waals surface area contributed by atoms with Gasteiger partial charge in [-0.25, -0.2) is 9.97 Å². The first kappa shape index (κ1) is 19.1. The fraction of sp³-hybridized carbons (Fsp3) is 0.450. The lowest BCUT2D eigenvalue weighted by atomic mass is 10.2. The van der Waals surface area contributed by atoms with Crippen LogP contribution in [0.25, 0.3) is 11.0 Å². The van der Waals surface area contributed by atoms with Gasteiger partial charge >= 0.3 is 0 Å². The normalized spacial score (nSPS) is 14.6. The third-order valence-electron chi connectivity index (χ3n) is 4.75. The second-order valence-corrected chi connectivity index (χ2v) is 7.51. The van der Waals surface area contributed by atoms with E-state index in [1.54, 1.807) is 0 Å². The number of rotatable bonds is 6. The van der Waals surface area contributed by atoms with E-state index in [0.29, 0.717) is 44.6 Å². The monoisotopic (exact) mass is 395 g/mol. The first-order valence-electron chi connectivity index (χ1n) is 9.86. The summed E-state index contributed by atoms with van der Waals surface area (Å²) in [6.45, 7) is 7.64. The number of aromatic nitrogens is 5. The summed E-state index contributed by atoms with van der Waals surface area (Å²) in [6.07, 6.45) is 1.52. The van der Waals surface area contributed by atoms with Crippen molar-refractivity contribution in [3.8, 4) is 5.88 Å². The van der Waals surface area contributed by atoms with Crippen LogP contribution in [0.5, 0.6) is 5.88 Å². The Balaban J connectivity index is 1.33. The highest BCUT2D eigenvalue weighted by molar-refractivity contribution is 5.77. The molecular formula is C20H25N7O2. The fourth-order valence-corrected chi connectivity index (χ4v) is 3.21. The van der Waals surface area contributed by atoms with Gasteiger partial charge in [0.1, 0.15) is 29.7 Å². The second-order valence-electron chi connectivity index (χ2n) is 7.51. The van der Waals surface area contributed by atoms with Gasteiger partial charge in [0.25, 0.3) is 0 Å². The molecule has 3 heterocycles. The second kappa shape index (κ2) is 8.42. The summed E-state index contributed by atoms with van der Waals surface area (Å²) >= 11 is 0. The predicted octanol–water partition coefficient (Wildman–Crippen LogP) is 1.60. The van der Waals surface area contributed by atoms with Gasteiger partial charge in [0.2, 0.25) is 11.8 Å². The number of ether oxygens (including phenoxy) is 1. The van der Waals surface area contributed by atoms with Gasteiger partial charge in [-0.3, -0.25) is 4.79 Å². The molecule has 0 bridgehead atoms. The maximum atomic E-state index is 12.7. The highest BCUT2D eigenvalue weighted by Gasteiger charge is 2.23. The Bertz CT molecular complexity index is 947. The van der Waals surface area contributed by atoms with Crippen LogP contribution in [0.2, 0.25) is 0 Å². The maximum absolute atomic E-state index is 12.7. The molecule has 1 fully saturated rings. The predicted molar refractivity (Wildman–Crippen MR) is 109 cm³/mol. The van der Waals surface area contributed by atoms with Gasteiger partial charge in [0.05, 0.1) is 6.61 Å². The average Bonchev–Trinajstić information content (AvgIpc) is 3.15. The zero-order valence-corrected chi connectivity index (χ0v) is 16.7. The summed E-state index contributed by atoms with van der Waals surface area (Å²) in [5, 5.41) is 8.73. The van der Waals surface area contributed by atoms with Crippen molar-refractivity contribution in [3.63, 3.8) is 0 Å². The molecular weight excluding hydrogens is 370 g/mol. The van der Waals surface area contributed by atoms with Crippen molar-refractivity contribution in [3.05, 3.63) is 36.7 Å². The van der Waals surface area contributed by atoms with Gasteiger partial charge in [0.15, 0.2) is 0 Å². The third-order valence-corrected chi connectivity index (χ3v) is 4.75. The highest BCUT2D eigenvalue weighted by Crippen LogP contribution is 2.18. The summed E-state index contributed by atoms with van der Waals surface area (Å²) < 4.78 is 5.69. The van der Waals surface area contributed by atoms with Crippen molar-refractivity contribution in [2.45, 2.75) is 20.4 Å². The number of benzene rings is 1. The standard InChI is InChI=1S/C20H25N7O2/c1-15(2)13-29-19-11-18(21-14-22-19)25-7-9-26(10-8-25)20(28)12-27-23-16-5-3-4-6-17(16)24-27/h3-6,11,14-15H,7-10,12-13H2,1-2H3. The lowest BCUT2D eigenvalue weighted by molar-refractivity contribution is -0.132. The molecule has 1 aliphatic heterocycles. The summed E-state index contributed by atoms with van der Waals surface area (Å²) in [5.41, 5.74) is 1.59. The van der Waals surface area contributed by atoms with E-state index >= 15 is 0 Å². The molecule has 152 valence electrons. The molecule has 1 aromatic carbocycles. The van der Waals surface area contributed by atoms with Crippen LogP contribution < -0.4 is 9.64 Å². The van der Waals surface area contributed by atoms with E-state index in [1.165, 1.54) is 11.1 Å². The van der Waals surface area contributed by atoms with Crippen LogP contribution in [0.15, 0.2) is 36.7 Å². The largest absolute Gasteiger partial charge is 0.477 e. The topological polar surface area (TPSA) is 89.3 Å². The first-order valence-corrected chi connectivity index (χ1v) is 9.86. The molecule has 0 atom stereocenters. The van der Waals surface area contributed by atoms with Gasteiger partial charge < -0.3 is 14.5 Å². The average molecular weight is 395 g/mol. The maximum Gasteiger partial charge on any atom is 0.246 e. The number of anilines is 1. The highest BCUT2D eigenvalue weighted by atomic mass is 16.5. The number of hydrogen-bond acceptors (Lipinski definition) is 7. The quantitative estimate of drug-likeness (QED) is 0.626. The lowest BCUT2D eigenvalue weighted by Gasteiger charge is -2.35. The van der Waals surface area contributed by atoms with E-state index < -0.39 is 0 Å². The minimum atomic E-state index is 0.0219. The van der Waals surface area contributed by atoms with E-state index in [0.717, 1.165) is 16.9 Å². The van der Waals surface area contributed by atoms with Gasteiger partial charge in [-0.05, 0) is 18.1 Å². The molecule has 1 amide bonds. The third kappa shape index (κ3) is 4.61. The molecule has 0 unspecified atom stereocenters. The molecule has 29 heavy (non-hydrogen) atoms.